The van der Waals surface area contributed by atoms with Gasteiger partial charge in [-0.15, -0.1) is 0 Å². The maximum atomic E-state index is 9.09. The predicted molar refractivity (Wildman–Crippen MR) is 63.4 cm³/mol. The number of nitriles is 1. The molecule has 1 aromatic rings. The Balaban J connectivity index is 1.92. The number of nitrogens with one attached hydrogen (secondary N) is 1. The van der Waals surface area contributed by atoms with E-state index < -0.39 is 0 Å². The smallest absolute Gasteiger partial charge is 0.119 e. The Morgan fingerprint density at radius 3 is 2.50 bits per heavy atom. The Labute approximate surface area is 96.0 Å². The van der Waals surface area contributed by atoms with Crippen molar-refractivity contribution in [1.29, 1.82) is 5.26 Å². The van der Waals surface area contributed by atoms with Crippen LogP contribution in [0, 0.1) is 16.7 Å². The fourth-order valence-corrected chi connectivity index (χ4v) is 1.91. The van der Waals surface area contributed by atoms with Gasteiger partial charge in [0.15, 0.2) is 0 Å². The molecule has 1 N–H and O–H groups in total. The molecule has 0 bridgehead atoms. The molecule has 1 aliphatic rings. The number of ether oxygens (including phenoxy) is 1. The summed E-state index contributed by atoms with van der Waals surface area (Å²) in [5.41, 5.74) is 0.919. The first-order chi connectivity index (χ1) is 7.78. The van der Waals surface area contributed by atoms with Crippen LogP contribution < -0.4 is 10.1 Å². The molecule has 3 nitrogen and oxygen atoms in total. The van der Waals surface area contributed by atoms with Gasteiger partial charge < -0.3 is 10.1 Å². The average Bonchev–Trinajstić information content (AvgIpc) is 2.29. The van der Waals surface area contributed by atoms with E-state index in [1.165, 1.54) is 6.42 Å². The normalized spacial score (nSPS) is 17.0. The van der Waals surface area contributed by atoms with E-state index in [1.807, 2.05) is 24.3 Å². The van der Waals surface area contributed by atoms with Crippen LogP contribution in [0.5, 0.6) is 5.75 Å². The van der Waals surface area contributed by atoms with Crippen molar-refractivity contribution in [1.82, 2.24) is 0 Å². The van der Waals surface area contributed by atoms with E-state index in [9.17, 15) is 0 Å². The highest BCUT2D eigenvalue weighted by atomic mass is 16.5. The zero-order chi connectivity index (χ0) is 11.4. The molecule has 3 heteroatoms. The molecule has 0 aliphatic heterocycles. The number of methoxy groups -OCH3 is 1. The Morgan fingerprint density at radius 1 is 1.38 bits per heavy atom. The molecular formula is C13H16N2O. The quantitative estimate of drug-likeness (QED) is 0.841. The summed E-state index contributed by atoms with van der Waals surface area (Å²) >= 11 is 0. The van der Waals surface area contributed by atoms with Crippen LogP contribution in [0.3, 0.4) is 0 Å². The van der Waals surface area contributed by atoms with Gasteiger partial charge in [-0.2, -0.15) is 5.26 Å². The van der Waals surface area contributed by atoms with Gasteiger partial charge in [0.2, 0.25) is 0 Å². The molecule has 1 aromatic carbocycles. The topological polar surface area (TPSA) is 45.0 Å². The third-order valence-electron chi connectivity index (χ3n) is 3.27. The Kier molecular flexibility index (Phi) is 3.00. The lowest BCUT2D eigenvalue weighted by molar-refractivity contribution is 0.233. The van der Waals surface area contributed by atoms with Crippen molar-refractivity contribution in [2.24, 2.45) is 5.41 Å². The SMILES string of the molecule is COc1ccc(NCC2(C#N)CCC2)cc1. The highest BCUT2D eigenvalue weighted by molar-refractivity contribution is 5.46. The number of hydrogen-bond donors (Lipinski definition) is 1. The Bertz CT molecular complexity index is 387. The van der Waals surface area contributed by atoms with E-state index in [0.717, 1.165) is 30.8 Å². The van der Waals surface area contributed by atoms with Crippen LogP contribution in [-0.2, 0) is 0 Å². The molecule has 0 aromatic heterocycles. The highest BCUT2D eigenvalue weighted by Crippen LogP contribution is 2.40. The summed E-state index contributed by atoms with van der Waals surface area (Å²) in [6.45, 7) is 0.746. The van der Waals surface area contributed by atoms with Crippen molar-refractivity contribution in [3.8, 4) is 11.8 Å². The van der Waals surface area contributed by atoms with Crippen molar-refractivity contribution in [3.05, 3.63) is 24.3 Å². The maximum Gasteiger partial charge on any atom is 0.119 e. The van der Waals surface area contributed by atoms with Crippen LogP contribution >= 0.6 is 0 Å². The predicted octanol–water partition coefficient (Wildman–Crippen LogP) is 2.80. The van der Waals surface area contributed by atoms with Crippen molar-refractivity contribution in [2.45, 2.75) is 19.3 Å². The van der Waals surface area contributed by atoms with Gasteiger partial charge in [-0.05, 0) is 37.1 Å². The van der Waals surface area contributed by atoms with Crippen molar-refractivity contribution >= 4 is 5.69 Å². The maximum absolute atomic E-state index is 9.09. The summed E-state index contributed by atoms with van der Waals surface area (Å²) in [5, 5.41) is 12.4. The van der Waals surface area contributed by atoms with E-state index >= 15 is 0 Å². The summed E-state index contributed by atoms with van der Waals surface area (Å²) in [4.78, 5) is 0. The standard InChI is InChI=1S/C13H16N2O/c1-16-12-5-3-11(4-6-12)15-10-13(9-14)7-2-8-13/h3-6,15H,2,7-8,10H2,1H3. The van der Waals surface area contributed by atoms with Crippen LogP contribution in [0.2, 0.25) is 0 Å². The fourth-order valence-electron chi connectivity index (χ4n) is 1.91. The summed E-state index contributed by atoms with van der Waals surface area (Å²) < 4.78 is 5.09. The second-order valence-corrected chi connectivity index (χ2v) is 4.33. The minimum atomic E-state index is -0.125. The van der Waals surface area contributed by atoms with Crippen LogP contribution in [0.15, 0.2) is 24.3 Å². The molecule has 0 unspecified atom stereocenters. The molecule has 2 rings (SSSR count). The molecular weight excluding hydrogens is 200 g/mol. The van der Waals surface area contributed by atoms with E-state index in [4.69, 9.17) is 10.00 Å². The molecule has 16 heavy (non-hydrogen) atoms. The summed E-state index contributed by atoms with van der Waals surface area (Å²) in [6, 6.07) is 10.2. The first kappa shape index (κ1) is 10.8. The van der Waals surface area contributed by atoms with Gasteiger partial charge in [-0.25, -0.2) is 0 Å². The largest absolute Gasteiger partial charge is 0.497 e. The van der Waals surface area contributed by atoms with Gasteiger partial charge in [-0.1, -0.05) is 6.42 Å². The summed E-state index contributed by atoms with van der Waals surface area (Å²) in [6.07, 6.45) is 3.22. The van der Waals surface area contributed by atoms with Crippen LogP contribution in [0.25, 0.3) is 0 Å². The van der Waals surface area contributed by atoms with Crippen LogP contribution in [-0.4, -0.2) is 13.7 Å². The lowest BCUT2D eigenvalue weighted by atomic mass is 9.70. The minimum Gasteiger partial charge on any atom is -0.497 e. The molecule has 0 heterocycles. The van der Waals surface area contributed by atoms with E-state index in [2.05, 4.69) is 11.4 Å². The number of benzene rings is 1. The van der Waals surface area contributed by atoms with Gasteiger partial charge in [0.05, 0.1) is 18.6 Å². The van der Waals surface area contributed by atoms with Gasteiger partial charge in [0.25, 0.3) is 0 Å². The van der Waals surface area contributed by atoms with E-state index in [1.54, 1.807) is 7.11 Å². The van der Waals surface area contributed by atoms with Crippen molar-refractivity contribution in [3.63, 3.8) is 0 Å². The third kappa shape index (κ3) is 2.11. The van der Waals surface area contributed by atoms with E-state index in [-0.39, 0.29) is 5.41 Å². The first-order valence-electron chi connectivity index (χ1n) is 5.57. The Morgan fingerprint density at radius 2 is 2.06 bits per heavy atom. The zero-order valence-corrected chi connectivity index (χ0v) is 9.49. The van der Waals surface area contributed by atoms with Gasteiger partial charge in [0, 0.05) is 12.2 Å². The van der Waals surface area contributed by atoms with Crippen LogP contribution in [0.1, 0.15) is 19.3 Å². The van der Waals surface area contributed by atoms with Crippen LogP contribution in [0.4, 0.5) is 5.69 Å². The zero-order valence-electron chi connectivity index (χ0n) is 9.49. The summed E-state index contributed by atoms with van der Waals surface area (Å²) in [5.74, 6) is 0.851. The molecule has 0 spiro atoms. The number of rotatable bonds is 4. The van der Waals surface area contributed by atoms with E-state index in [0.29, 0.717) is 0 Å². The van der Waals surface area contributed by atoms with Gasteiger partial charge in [0.1, 0.15) is 5.75 Å². The lowest BCUT2D eigenvalue weighted by Gasteiger charge is -2.35. The molecule has 0 radical (unpaired) electrons. The second kappa shape index (κ2) is 4.44. The van der Waals surface area contributed by atoms with Crippen molar-refractivity contribution < 1.29 is 4.74 Å². The molecule has 0 atom stereocenters. The number of hydrogen-bond acceptors (Lipinski definition) is 3. The first-order valence-corrected chi connectivity index (χ1v) is 5.57. The fraction of sp³-hybridized carbons (Fsp3) is 0.462. The van der Waals surface area contributed by atoms with Gasteiger partial charge in [-0.3, -0.25) is 0 Å². The highest BCUT2D eigenvalue weighted by Gasteiger charge is 2.36. The third-order valence-corrected chi connectivity index (χ3v) is 3.27. The number of anilines is 1. The molecule has 84 valence electrons. The van der Waals surface area contributed by atoms with Gasteiger partial charge >= 0.3 is 0 Å². The molecule has 1 aliphatic carbocycles. The summed E-state index contributed by atoms with van der Waals surface area (Å²) in [7, 11) is 1.65. The molecule has 1 saturated carbocycles. The second-order valence-electron chi connectivity index (χ2n) is 4.33. The monoisotopic (exact) mass is 216 g/mol. The lowest BCUT2D eigenvalue weighted by Crippen LogP contribution is -2.34. The molecule has 1 fully saturated rings. The Hall–Kier alpha value is -1.69. The number of nitrogens with zero attached hydrogens (tertiary/aromatic N) is 1. The average molecular weight is 216 g/mol. The minimum absolute atomic E-state index is 0.125. The van der Waals surface area contributed by atoms with Crippen molar-refractivity contribution in [2.75, 3.05) is 19.0 Å². The molecule has 0 saturated heterocycles. The molecule has 0 amide bonds.